The normalized spacial score (nSPS) is 15.0. The van der Waals surface area contributed by atoms with Gasteiger partial charge in [0.15, 0.2) is 5.78 Å². The quantitative estimate of drug-likeness (QED) is 0.724. The maximum atomic E-state index is 12.9. The number of pyridine rings is 1. The Kier molecular flexibility index (Phi) is 5.19. The highest BCUT2D eigenvalue weighted by molar-refractivity contribution is 6.13. The van der Waals surface area contributed by atoms with Crippen molar-refractivity contribution in [2.45, 2.75) is 25.8 Å². The third kappa shape index (κ3) is 3.91. The molecule has 132 valence electrons. The van der Waals surface area contributed by atoms with E-state index < -0.39 is 0 Å². The number of anilines is 2. The highest BCUT2D eigenvalue weighted by Gasteiger charge is 2.19. The number of carbonyl (C=O) groups is 1. The first-order valence-electron chi connectivity index (χ1n) is 8.51. The second-order valence-electron chi connectivity index (χ2n) is 6.33. The minimum atomic E-state index is -0.182. The molecule has 1 aliphatic rings. The molecule has 0 aliphatic carbocycles. The Morgan fingerprint density at radius 2 is 2.00 bits per heavy atom. The third-order valence-corrected chi connectivity index (χ3v) is 4.46. The number of rotatable bonds is 5. The Hall–Kier alpha value is -2.60. The van der Waals surface area contributed by atoms with Gasteiger partial charge in [0.05, 0.1) is 18.2 Å². The topological polar surface area (TPSA) is 89.3 Å². The van der Waals surface area contributed by atoms with E-state index in [1.54, 1.807) is 19.2 Å². The number of nitrogens with one attached hydrogen (secondary N) is 2. The summed E-state index contributed by atoms with van der Waals surface area (Å²) in [6, 6.07) is 9.43. The first kappa shape index (κ1) is 17.2. The molecule has 1 aromatic heterocycles. The Bertz CT molecular complexity index is 770. The highest BCUT2D eigenvalue weighted by atomic mass is 16.5. The van der Waals surface area contributed by atoms with Crippen molar-refractivity contribution in [2.24, 2.45) is 0 Å². The van der Waals surface area contributed by atoms with Crippen molar-refractivity contribution >= 4 is 17.4 Å². The highest BCUT2D eigenvalue weighted by Crippen LogP contribution is 2.25. The molecule has 0 bridgehead atoms. The van der Waals surface area contributed by atoms with E-state index in [4.69, 9.17) is 10.5 Å². The van der Waals surface area contributed by atoms with Gasteiger partial charge in [0.25, 0.3) is 0 Å². The zero-order valence-corrected chi connectivity index (χ0v) is 14.6. The molecule has 0 amide bonds. The number of nitrogen functional groups attached to an aromatic ring is 1. The fourth-order valence-corrected chi connectivity index (χ4v) is 3.07. The van der Waals surface area contributed by atoms with Crippen molar-refractivity contribution in [1.29, 1.82) is 0 Å². The summed E-state index contributed by atoms with van der Waals surface area (Å²) in [6.07, 6.45) is 2.09. The van der Waals surface area contributed by atoms with E-state index in [1.165, 1.54) is 0 Å². The van der Waals surface area contributed by atoms with Gasteiger partial charge in [-0.05, 0) is 57.1 Å². The monoisotopic (exact) mass is 340 g/mol. The molecule has 2 heterocycles. The largest absolute Gasteiger partial charge is 0.496 e. The molecule has 0 spiro atoms. The molecule has 1 fully saturated rings. The van der Waals surface area contributed by atoms with Gasteiger partial charge >= 0.3 is 0 Å². The predicted octanol–water partition coefficient (Wildman–Crippen LogP) is 2.38. The minimum Gasteiger partial charge on any atom is -0.496 e. The summed E-state index contributed by atoms with van der Waals surface area (Å²) in [5.41, 5.74) is 7.94. The number of aromatic nitrogens is 1. The van der Waals surface area contributed by atoms with Gasteiger partial charge in [-0.1, -0.05) is 11.6 Å². The van der Waals surface area contributed by atoms with Gasteiger partial charge in [-0.2, -0.15) is 0 Å². The van der Waals surface area contributed by atoms with Crippen molar-refractivity contribution in [1.82, 2.24) is 10.3 Å². The molecular formula is C19H24N4O2. The summed E-state index contributed by atoms with van der Waals surface area (Å²) in [7, 11) is 1.55. The average Bonchev–Trinajstić information content (AvgIpc) is 2.62. The van der Waals surface area contributed by atoms with Crippen LogP contribution in [-0.2, 0) is 0 Å². The SMILES string of the molecule is COc1ccc(C)cc1C(=O)c1ccc(NC2CCNCC2)nc1N. The molecule has 1 aromatic carbocycles. The number of benzene rings is 1. The van der Waals surface area contributed by atoms with E-state index in [0.29, 0.717) is 28.7 Å². The number of piperidine rings is 1. The Balaban J connectivity index is 1.83. The summed E-state index contributed by atoms with van der Waals surface area (Å²) in [5, 5.41) is 6.72. The summed E-state index contributed by atoms with van der Waals surface area (Å²) < 4.78 is 5.31. The van der Waals surface area contributed by atoms with Crippen molar-refractivity contribution in [3.8, 4) is 5.75 Å². The Morgan fingerprint density at radius 3 is 2.68 bits per heavy atom. The van der Waals surface area contributed by atoms with Gasteiger partial charge in [0.1, 0.15) is 17.4 Å². The second-order valence-corrected chi connectivity index (χ2v) is 6.33. The molecule has 4 N–H and O–H groups in total. The number of hydrogen-bond donors (Lipinski definition) is 3. The molecule has 2 aromatic rings. The molecule has 0 saturated carbocycles. The van der Waals surface area contributed by atoms with E-state index >= 15 is 0 Å². The van der Waals surface area contributed by atoms with Crippen LogP contribution in [0.25, 0.3) is 0 Å². The molecule has 6 nitrogen and oxygen atoms in total. The maximum absolute atomic E-state index is 12.9. The molecule has 25 heavy (non-hydrogen) atoms. The van der Waals surface area contributed by atoms with Crippen LogP contribution in [0, 0.1) is 6.92 Å². The van der Waals surface area contributed by atoms with Crippen molar-refractivity contribution in [2.75, 3.05) is 31.2 Å². The molecule has 1 saturated heterocycles. The molecule has 0 radical (unpaired) electrons. The maximum Gasteiger partial charge on any atom is 0.200 e. The molecular weight excluding hydrogens is 316 g/mol. The standard InChI is InChI=1S/C19H24N4O2/c1-12-3-5-16(25-2)15(11-12)18(24)14-4-6-17(23-19(14)20)22-13-7-9-21-10-8-13/h3-6,11,13,21H,7-10H2,1-2H3,(H3,20,22,23). The Morgan fingerprint density at radius 1 is 1.24 bits per heavy atom. The fourth-order valence-electron chi connectivity index (χ4n) is 3.07. The van der Waals surface area contributed by atoms with Gasteiger partial charge in [-0.25, -0.2) is 4.98 Å². The lowest BCUT2D eigenvalue weighted by Gasteiger charge is -2.24. The number of carbonyl (C=O) groups excluding carboxylic acids is 1. The molecule has 3 rings (SSSR count). The number of ether oxygens (including phenoxy) is 1. The van der Waals surface area contributed by atoms with Crippen molar-refractivity contribution in [3.63, 3.8) is 0 Å². The average molecular weight is 340 g/mol. The lowest BCUT2D eigenvalue weighted by Crippen LogP contribution is -2.35. The van der Waals surface area contributed by atoms with Crippen LogP contribution in [0.5, 0.6) is 5.75 Å². The first-order valence-corrected chi connectivity index (χ1v) is 8.51. The van der Waals surface area contributed by atoms with Crippen LogP contribution in [0.15, 0.2) is 30.3 Å². The van der Waals surface area contributed by atoms with Gasteiger partial charge in [-0.15, -0.1) is 0 Å². The van der Waals surface area contributed by atoms with Crippen LogP contribution in [-0.4, -0.2) is 37.0 Å². The van der Waals surface area contributed by atoms with Crippen LogP contribution >= 0.6 is 0 Å². The summed E-state index contributed by atoms with van der Waals surface area (Å²) >= 11 is 0. The zero-order valence-electron chi connectivity index (χ0n) is 14.6. The number of methoxy groups -OCH3 is 1. The van der Waals surface area contributed by atoms with E-state index in [1.807, 2.05) is 25.1 Å². The van der Waals surface area contributed by atoms with Gasteiger partial charge in [0, 0.05) is 6.04 Å². The van der Waals surface area contributed by atoms with Crippen LogP contribution in [0.4, 0.5) is 11.6 Å². The summed E-state index contributed by atoms with van der Waals surface area (Å²) in [4.78, 5) is 17.2. The number of nitrogens with two attached hydrogens (primary N) is 1. The number of ketones is 1. The van der Waals surface area contributed by atoms with Crippen molar-refractivity contribution in [3.05, 3.63) is 47.0 Å². The third-order valence-electron chi connectivity index (χ3n) is 4.46. The fraction of sp³-hybridized carbons (Fsp3) is 0.368. The van der Waals surface area contributed by atoms with Gasteiger partial charge in [0.2, 0.25) is 0 Å². The van der Waals surface area contributed by atoms with Crippen LogP contribution in [0.2, 0.25) is 0 Å². The lowest BCUT2D eigenvalue weighted by molar-refractivity contribution is 0.103. The van der Waals surface area contributed by atoms with Crippen molar-refractivity contribution < 1.29 is 9.53 Å². The van der Waals surface area contributed by atoms with E-state index in [2.05, 4.69) is 15.6 Å². The number of aryl methyl sites for hydroxylation is 1. The van der Waals surface area contributed by atoms with Crippen LogP contribution < -0.4 is 21.1 Å². The summed E-state index contributed by atoms with van der Waals surface area (Å²) in [5.74, 6) is 1.29. The minimum absolute atomic E-state index is 0.182. The number of hydrogen-bond acceptors (Lipinski definition) is 6. The molecule has 1 aliphatic heterocycles. The lowest BCUT2D eigenvalue weighted by atomic mass is 10.0. The summed E-state index contributed by atoms with van der Waals surface area (Å²) in [6.45, 7) is 3.93. The first-order chi connectivity index (χ1) is 12.1. The van der Waals surface area contributed by atoms with Crippen LogP contribution in [0.3, 0.4) is 0 Å². The zero-order chi connectivity index (χ0) is 17.8. The van der Waals surface area contributed by atoms with E-state index in [0.717, 1.165) is 31.5 Å². The smallest absolute Gasteiger partial charge is 0.200 e. The molecule has 0 atom stereocenters. The Labute approximate surface area is 147 Å². The van der Waals surface area contributed by atoms with Crippen LogP contribution in [0.1, 0.15) is 34.3 Å². The predicted molar refractivity (Wildman–Crippen MR) is 99.3 cm³/mol. The van der Waals surface area contributed by atoms with Gasteiger partial charge < -0.3 is 21.1 Å². The van der Waals surface area contributed by atoms with E-state index in [9.17, 15) is 4.79 Å². The molecule has 0 unspecified atom stereocenters. The van der Waals surface area contributed by atoms with Gasteiger partial charge in [-0.3, -0.25) is 4.79 Å². The van der Waals surface area contributed by atoms with E-state index in [-0.39, 0.29) is 11.6 Å². The second kappa shape index (κ2) is 7.53. The molecule has 6 heteroatoms. The number of nitrogens with zero attached hydrogens (tertiary/aromatic N) is 1.